The topological polar surface area (TPSA) is 190 Å². The van der Waals surface area contributed by atoms with Gasteiger partial charge in [0, 0.05) is 69.5 Å². The van der Waals surface area contributed by atoms with E-state index in [1.165, 1.54) is 12.1 Å². The second-order valence-electron chi connectivity index (χ2n) is 17.1. The van der Waals surface area contributed by atoms with Gasteiger partial charge in [-0.3, -0.25) is 13.6 Å². The number of urea groups is 2. The second kappa shape index (κ2) is 24.8. The zero-order chi connectivity index (χ0) is 53.3. The number of amides is 5. The van der Waals surface area contributed by atoms with E-state index in [4.69, 9.17) is 15.2 Å². The number of ether oxygens (including phenoxy) is 2. The van der Waals surface area contributed by atoms with Gasteiger partial charge in [-0.2, -0.15) is 26.3 Å². The van der Waals surface area contributed by atoms with Gasteiger partial charge < -0.3 is 41.8 Å². The van der Waals surface area contributed by atoms with E-state index in [0.717, 1.165) is 22.3 Å². The molecule has 0 radical (unpaired) electrons. The van der Waals surface area contributed by atoms with E-state index >= 15 is 0 Å². The largest absolute Gasteiger partial charge is 0.491 e. The van der Waals surface area contributed by atoms with Crippen LogP contribution in [0.5, 0.6) is 11.5 Å². The normalized spacial score (nSPS) is 11.2. The van der Waals surface area contributed by atoms with Crippen molar-refractivity contribution < 1.29 is 50.2 Å². The molecule has 76 heavy (non-hydrogen) atoms. The fourth-order valence-corrected chi connectivity index (χ4v) is 7.54. The van der Waals surface area contributed by atoms with Crippen LogP contribution in [-0.2, 0) is 4.79 Å². The maximum absolute atomic E-state index is 12.5. The molecule has 0 unspecified atom stereocenters. The molecular weight excluding hydrogens is 995 g/mol. The zero-order valence-corrected chi connectivity index (χ0v) is 40.2. The number of alkyl halides is 6. The highest BCUT2D eigenvalue weighted by Crippen LogP contribution is 2.35. The molecule has 0 aliphatic rings. The molecule has 400 valence electrons. The van der Waals surface area contributed by atoms with Crippen molar-refractivity contribution in [2.45, 2.75) is 67.1 Å². The van der Waals surface area contributed by atoms with E-state index in [0.29, 0.717) is 56.7 Å². The quantitative estimate of drug-likeness (QED) is 0.0352. The van der Waals surface area contributed by atoms with Crippen molar-refractivity contribution in [2.75, 3.05) is 34.8 Å². The van der Waals surface area contributed by atoms with Crippen LogP contribution in [-0.4, -0.2) is 74.4 Å². The molecule has 0 aliphatic carbocycles. The Hall–Kier alpha value is -9.01. The molecule has 0 atom stereocenters. The summed E-state index contributed by atoms with van der Waals surface area (Å²) in [5.41, 5.74) is 15.3. The predicted molar refractivity (Wildman–Crippen MR) is 287 cm³/mol. The summed E-state index contributed by atoms with van der Waals surface area (Å²) in [5.74, 6) is 0.547. The zero-order valence-electron chi connectivity index (χ0n) is 40.2. The highest BCUT2D eigenvalue weighted by atomic mass is 19.4. The number of carbonyl (C=O) groups is 3. The van der Waals surface area contributed by atoms with E-state index in [2.05, 4.69) is 32.5 Å². The summed E-state index contributed by atoms with van der Waals surface area (Å²) in [7, 11) is 0. The second-order valence-corrected chi connectivity index (χ2v) is 17.1. The number of anilines is 4. The van der Waals surface area contributed by atoms with Gasteiger partial charge in [0.25, 0.3) is 0 Å². The monoisotopic (exact) mass is 1050 g/mol. The summed E-state index contributed by atoms with van der Waals surface area (Å²) in [4.78, 5) is 45.0. The van der Waals surface area contributed by atoms with E-state index in [1.807, 2.05) is 116 Å². The lowest BCUT2D eigenvalue weighted by Crippen LogP contribution is -2.36. The van der Waals surface area contributed by atoms with Crippen molar-refractivity contribution in [3.05, 3.63) is 147 Å². The van der Waals surface area contributed by atoms with Crippen LogP contribution in [0.25, 0.3) is 56.1 Å². The fraction of sp³-hybridized carbons (Fsp3) is 0.218. The van der Waals surface area contributed by atoms with Gasteiger partial charge in [-0.15, -0.1) is 0 Å². The number of carbonyl (C=O) groups excluding carboxylic acids is 3. The summed E-state index contributed by atoms with van der Waals surface area (Å²) in [6, 6.07) is 30.4. The molecule has 5 amide bonds. The standard InChI is InChI=1S/C28H26F3N5O3.C25H24F3N5O2.2CH4/c1-4-26(37)35-23-8-6-5-7-22(23)18-9-10-36-24(15-32-25(36)13-18)19-11-20(14-21(12-19)39-17(2)3)34-27(38)33-16-28(29,30)31;1-15(2)35-19-10-17(9-18(12-19)32-24(34)31-14-25(26,27)28)22-13-30-23-11-16(7-8-33(22)23)20-5-3-4-6-21(20)29;;/h4-15,17H,1,16H2,2-3H3,(H,35,37)(H2,33,34,38);3-13,15H,14,29H2,1-2H3,(H2,31,32,34);2*1H4. The first-order chi connectivity index (χ1) is 35.1. The number of fused-ring (bicyclic) bond motifs is 2. The van der Waals surface area contributed by atoms with Gasteiger partial charge in [0.15, 0.2) is 0 Å². The SMILES string of the molecule is C.C.C=CC(=O)Nc1ccccc1-c1ccn2c(-c3cc(NC(=O)NCC(F)(F)F)cc(OC(C)C)c3)cnc2c1.CC(C)Oc1cc(NC(=O)NCC(F)(F)F)cc(-c2cnc3cc(-c4ccccc4N)ccn23)c1. The number of nitrogens with zero attached hydrogens (tertiary/aromatic N) is 4. The number of nitrogen functional groups attached to an aromatic ring is 1. The third kappa shape index (κ3) is 15.5. The molecule has 0 spiro atoms. The van der Waals surface area contributed by atoms with Gasteiger partial charge in [-0.25, -0.2) is 19.6 Å². The maximum atomic E-state index is 12.5. The number of nitrogens with two attached hydrogens (primary N) is 1. The Morgan fingerprint density at radius 2 is 1.04 bits per heavy atom. The number of hydrogen-bond donors (Lipinski definition) is 6. The number of nitrogens with one attached hydrogen (secondary N) is 5. The number of halogens is 6. The molecular formula is C55H58F6N10O5. The summed E-state index contributed by atoms with van der Waals surface area (Å²) in [6.45, 7) is 7.96. The molecule has 0 bridgehead atoms. The van der Waals surface area contributed by atoms with Crippen molar-refractivity contribution in [2.24, 2.45) is 0 Å². The molecule has 0 saturated heterocycles. The van der Waals surface area contributed by atoms with Crippen molar-refractivity contribution in [3.8, 4) is 56.3 Å². The van der Waals surface area contributed by atoms with Crippen LogP contribution >= 0.6 is 0 Å². The van der Waals surface area contributed by atoms with Gasteiger partial charge in [0.1, 0.15) is 35.9 Å². The number of benzene rings is 4. The summed E-state index contributed by atoms with van der Waals surface area (Å²) in [5, 5.41) is 11.3. The molecule has 4 aromatic heterocycles. The van der Waals surface area contributed by atoms with Crippen LogP contribution in [0.1, 0.15) is 42.5 Å². The van der Waals surface area contributed by atoms with Crippen molar-refractivity contribution in [1.82, 2.24) is 29.4 Å². The Morgan fingerprint density at radius 1 is 0.605 bits per heavy atom. The molecule has 21 heteroatoms. The molecule has 8 aromatic rings. The van der Waals surface area contributed by atoms with Gasteiger partial charge in [-0.1, -0.05) is 57.8 Å². The molecule has 0 aliphatic heterocycles. The van der Waals surface area contributed by atoms with Gasteiger partial charge in [0.05, 0.1) is 36.0 Å². The molecule has 4 heterocycles. The average molecular weight is 1050 g/mol. The van der Waals surface area contributed by atoms with Crippen LogP contribution in [0.3, 0.4) is 0 Å². The number of aromatic nitrogens is 4. The molecule has 0 fully saturated rings. The predicted octanol–water partition coefficient (Wildman–Crippen LogP) is 13.3. The summed E-state index contributed by atoms with van der Waals surface area (Å²) >= 11 is 0. The minimum Gasteiger partial charge on any atom is -0.491 e. The van der Waals surface area contributed by atoms with Crippen molar-refractivity contribution in [1.29, 1.82) is 0 Å². The molecule has 15 nitrogen and oxygen atoms in total. The Kier molecular flexibility index (Phi) is 18.9. The van der Waals surface area contributed by atoms with E-state index in [9.17, 15) is 40.7 Å². The minimum absolute atomic E-state index is 0. The summed E-state index contributed by atoms with van der Waals surface area (Å²) in [6.07, 6.45) is -1.18. The number of para-hydroxylation sites is 2. The van der Waals surface area contributed by atoms with Gasteiger partial charge in [-0.05, 0) is 106 Å². The van der Waals surface area contributed by atoms with E-state index in [-0.39, 0.29) is 44.3 Å². The minimum atomic E-state index is -4.53. The Balaban J connectivity index is 0.000000275. The first-order valence-corrected chi connectivity index (χ1v) is 22.8. The number of rotatable bonds is 14. The van der Waals surface area contributed by atoms with Crippen LogP contribution < -0.4 is 41.8 Å². The average Bonchev–Trinajstić information content (AvgIpc) is 3.97. The highest BCUT2D eigenvalue weighted by molar-refractivity contribution is 6.02. The third-order valence-corrected chi connectivity index (χ3v) is 10.5. The summed E-state index contributed by atoms with van der Waals surface area (Å²) < 4.78 is 90.1. The smallest absolute Gasteiger partial charge is 0.405 e. The Bertz CT molecular complexity index is 3330. The maximum Gasteiger partial charge on any atom is 0.405 e. The van der Waals surface area contributed by atoms with Crippen LogP contribution in [0, 0.1) is 0 Å². The van der Waals surface area contributed by atoms with Crippen molar-refractivity contribution in [3.63, 3.8) is 0 Å². The lowest BCUT2D eigenvalue weighted by Gasteiger charge is -2.15. The first kappa shape index (κ1) is 57.9. The van der Waals surface area contributed by atoms with Gasteiger partial charge in [0.2, 0.25) is 5.91 Å². The fourth-order valence-electron chi connectivity index (χ4n) is 7.54. The number of imidazole rings is 2. The lowest BCUT2D eigenvalue weighted by atomic mass is 10.0. The van der Waals surface area contributed by atoms with E-state index in [1.54, 1.807) is 59.4 Å². The Labute approximate surface area is 435 Å². The highest BCUT2D eigenvalue weighted by Gasteiger charge is 2.29. The van der Waals surface area contributed by atoms with Crippen LogP contribution in [0.15, 0.2) is 147 Å². The third-order valence-electron chi connectivity index (χ3n) is 10.5. The van der Waals surface area contributed by atoms with Crippen molar-refractivity contribution >= 4 is 52.0 Å². The molecule has 7 N–H and O–H groups in total. The first-order valence-electron chi connectivity index (χ1n) is 22.8. The van der Waals surface area contributed by atoms with Crippen LogP contribution in [0.2, 0.25) is 0 Å². The Morgan fingerprint density at radius 3 is 1.47 bits per heavy atom. The van der Waals surface area contributed by atoms with Crippen LogP contribution in [0.4, 0.5) is 58.7 Å². The molecule has 4 aromatic carbocycles. The van der Waals surface area contributed by atoms with Gasteiger partial charge >= 0.3 is 24.4 Å². The number of pyridine rings is 2. The van der Waals surface area contributed by atoms with E-state index < -0.39 is 37.5 Å². The molecule has 8 rings (SSSR count). The molecule has 0 saturated carbocycles. The number of hydrogen-bond acceptors (Lipinski definition) is 8. The lowest BCUT2D eigenvalue weighted by molar-refractivity contribution is -0.123.